The molecule has 0 aromatic heterocycles. The summed E-state index contributed by atoms with van der Waals surface area (Å²) in [5.74, 6) is -2.62. The van der Waals surface area contributed by atoms with Crippen LogP contribution in [-0.4, -0.2) is 30.3 Å². The van der Waals surface area contributed by atoms with Gasteiger partial charge in [-0.3, -0.25) is 19.3 Å². The van der Waals surface area contributed by atoms with Crippen molar-refractivity contribution >= 4 is 58.3 Å². The minimum Gasteiger partial charge on any atom is -0.452 e. The summed E-state index contributed by atoms with van der Waals surface area (Å²) in [4.78, 5) is 51.2. The number of amides is 3. The highest BCUT2D eigenvalue weighted by Gasteiger charge is 2.47. The Balaban J connectivity index is 1.41. The summed E-state index contributed by atoms with van der Waals surface area (Å²) in [5.41, 5.74) is 0.760. The second kappa shape index (κ2) is 9.14. The van der Waals surface area contributed by atoms with Crippen molar-refractivity contribution in [2.75, 3.05) is 16.8 Å². The summed E-state index contributed by atoms with van der Waals surface area (Å²) in [6, 6.07) is 10.6. The first-order chi connectivity index (χ1) is 15.3. The first kappa shape index (κ1) is 22.0. The summed E-state index contributed by atoms with van der Waals surface area (Å²) >= 11 is 11.8. The average molecular weight is 473 g/mol. The van der Waals surface area contributed by atoms with Crippen LogP contribution in [0.2, 0.25) is 10.0 Å². The van der Waals surface area contributed by atoms with Crippen molar-refractivity contribution in [2.45, 2.75) is 12.8 Å². The number of allylic oxidation sites excluding steroid dienone is 2. The van der Waals surface area contributed by atoms with Crippen LogP contribution in [0.3, 0.4) is 0 Å². The van der Waals surface area contributed by atoms with E-state index in [-0.39, 0.29) is 34.2 Å². The molecule has 1 fully saturated rings. The van der Waals surface area contributed by atoms with Crippen LogP contribution in [0, 0.1) is 11.8 Å². The lowest BCUT2D eigenvalue weighted by atomic mass is 9.85. The molecule has 1 aliphatic heterocycles. The second-order valence-electron chi connectivity index (χ2n) is 7.47. The van der Waals surface area contributed by atoms with Gasteiger partial charge in [-0.15, -0.1) is 0 Å². The number of ether oxygens (including phenoxy) is 1. The molecule has 164 valence electrons. The van der Waals surface area contributed by atoms with Crippen molar-refractivity contribution in [3.8, 4) is 0 Å². The number of halogens is 2. The van der Waals surface area contributed by atoms with Gasteiger partial charge >= 0.3 is 5.97 Å². The zero-order valence-electron chi connectivity index (χ0n) is 16.7. The van der Waals surface area contributed by atoms with Gasteiger partial charge in [-0.25, -0.2) is 4.79 Å². The molecule has 1 heterocycles. The van der Waals surface area contributed by atoms with E-state index in [1.807, 2.05) is 12.2 Å². The molecule has 9 heteroatoms. The molecule has 1 N–H and O–H groups in total. The SMILES string of the molecule is O=C(COC(=O)c1cccc(N2C(=O)[C@@H]3CC=CC[C@H]3C2=O)c1)Nc1ccc(Cl)cc1Cl. The van der Waals surface area contributed by atoms with Crippen molar-refractivity contribution in [1.29, 1.82) is 0 Å². The number of nitrogens with one attached hydrogen (secondary N) is 1. The van der Waals surface area contributed by atoms with Crippen molar-refractivity contribution in [2.24, 2.45) is 11.8 Å². The highest BCUT2D eigenvalue weighted by Crippen LogP contribution is 2.37. The number of benzene rings is 2. The van der Waals surface area contributed by atoms with Crippen molar-refractivity contribution in [3.05, 3.63) is 70.2 Å². The Kier molecular flexibility index (Phi) is 6.30. The van der Waals surface area contributed by atoms with E-state index in [9.17, 15) is 19.2 Å². The lowest BCUT2D eigenvalue weighted by Gasteiger charge is -2.15. The normalized spacial score (nSPS) is 19.6. The van der Waals surface area contributed by atoms with Gasteiger partial charge in [0.05, 0.1) is 33.8 Å². The van der Waals surface area contributed by atoms with Crippen molar-refractivity contribution in [3.63, 3.8) is 0 Å². The number of nitrogens with zero attached hydrogens (tertiary/aromatic N) is 1. The van der Waals surface area contributed by atoms with Crippen LogP contribution in [0.1, 0.15) is 23.2 Å². The van der Waals surface area contributed by atoms with E-state index >= 15 is 0 Å². The lowest BCUT2D eigenvalue weighted by molar-refractivity contribution is -0.122. The van der Waals surface area contributed by atoms with E-state index in [0.717, 1.165) is 4.90 Å². The van der Waals surface area contributed by atoms with E-state index in [1.54, 1.807) is 18.2 Å². The fourth-order valence-electron chi connectivity index (χ4n) is 3.82. The van der Waals surface area contributed by atoms with Gasteiger partial charge in [-0.05, 0) is 49.2 Å². The predicted octanol–water partition coefficient (Wildman–Crippen LogP) is 4.24. The molecule has 2 aromatic rings. The minimum absolute atomic E-state index is 0.119. The molecule has 32 heavy (non-hydrogen) atoms. The third-order valence-corrected chi connectivity index (χ3v) is 5.94. The topological polar surface area (TPSA) is 92.8 Å². The fraction of sp³-hybridized carbons (Fsp3) is 0.217. The maximum atomic E-state index is 12.8. The van der Waals surface area contributed by atoms with Gasteiger partial charge < -0.3 is 10.1 Å². The third-order valence-electron chi connectivity index (χ3n) is 5.39. The number of carbonyl (C=O) groups is 4. The number of carbonyl (C=O) groups excluding carboxylic acids is 4. The largest absolute Gasteiger partial charge is 0.452 e. The summed E-state index contributed by atoms with van der Waals surface area (Å²) in [5, 5.41) is 3.20. The van der Waals surface area contributed by atoms with Gasteiger partial charge in [0.25, 0.3) is 5.91 Å². The summed E-state index contributed by atoms with van der Waals surface area (Å²) < 4.78 is 5.07. The minimum atomic E-state index is -0.762. The molecule has 1 saturated heterocycles. The highest BCUT2D eigenvalue weighted by atomic mass is 35.5. The zero-order valence-corrected chi connectivity index (χ0v) is 18.2. The van der Waals surface area contributed by atoms with E-state index in [2.05, 4.69) is 5.32 Å². The van der Waals surface area contributed by atoms with Crippen LogP contribution in [-0.2, 0) is 19.1 Å². The van der Waals surface area contributed by atoms with E-state index in [4.69, 9.17) is 27.9 Å². The molecule has 2 atom stereocenters. The molecule has 4 rings (SSSR count). The third kappa shape index (κ3) is 4.40. The van der Waals surface area contributed by atoms with Crippen LogP contribution in [0.4, 0.5) is 11.4 Å². The molecule has 3 amide bonds. The number of rotatable bonds is 5. The van der Waals surface area contributed by atoms with Crippen LogP contribution in [0.25, 0.3) is 0 Å². The Bertz CT molecular complexity index is 1120. The van der Waals surface area contributed by atoms with E-state index in [0.29, 0.717) is 29.2 Å². The molecular weight excluding hydrogens is 455 g/mol. The first-order valence-corrected chi connectivity index (χ1v) is 10.7. The maximum absolute atomic E-state index is 12.8. The van der Waals surface area contributed by atoms with Crippen LogP contribution in [0.5, 0.6) is 0 Å². The number of esters is 1. The zero-order chi connectivity index (χ0) is 22.8. The predicted molar refractivity (Wildman–Crippen MR) is 120 cm³/mol. The molecule has 0 saturated carbocycles. The van der Waals surface area contributed by atoms with Crippen LogP contribution in [0.15, 0.2) is 54.6 Å². The molecule has 0 spiro atoms. The van der Waals surface area contributed by atoms with Crippen molar-refractivity contribution in [1.82, 2.24) is 0 Å². The average Bonchev–Trinajstić information content (AvgIpc) is 3.04. The summed E-state index contributed by atoms with van der Waals surface area (Å²) in [6.45, 7) is -0.542. The Morgan fingerprint density at radius 3 is 2.34 bits per heavy atom. The Hall–Kier alpha value is -3.16. The Labute approximate surface area is 193 Å². The monoisotopic (exact) mass is 472 g/mol. The van der Waals surface area contributed by atoms with E-state index in [1.165, 1.54) is 24.3 Å². The quantitative estimate of drug-likeness (QED) is 0.398. The van der Waals surface area contributed by atoms with Gasteiger partial charge in [0.2, 0.25) is 11.8 Å². The summed E-state index contributed by atoms with van der Waals surface area (Å²) in [6.07, 6.45) is 4.87. The van der Waals surface area contributed by atoms with Gasteiger partial charge in [0.15, 0.2) is 6.61 Å². The maximum Gasteiger partial charge on any atom is 0.338 e. The van der Waals surface area contributed by atoms with E-state index < -0.39 is 18.5 Å². The second-order valence-corrected chi connectivity index (χ2v) is 8.31. The van der Waals surface area contributed by atoms with Gasteiger partial charge in [-0.1, -0.05) is 41.4 Å². The Morgan fingerprint density at radius 1 is 1.00 bits per heavy atom. The fourth-order valence-corrected chi connectivity index (χ4v) is 4.27. The molecule has 0 unspecified atom stereocenters. The molecule has 2 aromatic carbocycles. The van der Waals surface area contributed by atoms with Crippen LogP contribution >= 0.6 is 23.2 Å². The molecule has 7 nitrogen and oxygen atoms in total. The van der Waals surface area contributed by atoms with Gasteiger partial charge in [0.1, 0.15) is 0 Å². The van der Waals surface area contributed by atoms with Crippen LogP contribution < -0.4 is 10.2 Å². The van der Waals surface area contributed by atoms with Gasteiger partial charge in [-0.2, -0.15) is 0 Å². The number of hydrogen-bond donors (Lipinski definition) is 1. The summed E-state index contributed by atoms with van der Waals surface area (Å²) in [7, 11) is 0. The first-order valence-electron chi connectivity index (χ1n) is 9.90. The molecule has 0 radical (unpaired) electrons. The number of imide groups is 1. The number of hydrogen-bond acceptors (Lipinski definition) is 5. The highest BCUT2D eigenvalue weighted by molar-refractivity contribution is 6.36. The smallest absolute Gasteiger partial charge is 0.338 e. The molecule has 0 bridgehead atoms. The number of fused-ring (bicyclic) bond motifs is 1. The Morgan fingerprint density at radius 2 is 1.69 bits per heavy atom. The molecule has 2 aliphatic rings. The molecular formula is C23H18Cl2N2O5. The van der Waals surface area contributed by atoms with Crippen molar-refractivity contribution < 1.29 is 23.9 Å². The molecule has 1 aliphatic carbocycles. The lowest BCUT2D eigenvalue weighted by Crippen LogP contribution is -2.31. The van der Waals surface area contributed by atoms with Gasteiger partial charge in [0, 0.05) is 5.02 Å². The number of anilines is 2. The standard InChI is InChI=1S/C23H18Cl2N2O5/c24-14-8-9-19(18(25)11-14)26-20(28)12-32-23(31)13-4-3-5-15(10-13)27-21(29)16-6-1-2-7-17(16)22(27)30/h1-5,8-11,16-17H,6-7,12H2,(H,26,28)/t16-,17-/m1/s1.